The van der Waals surface area contributed by atoms with E-state index in [9.17, 15) is 0 Å². The fourth-order valence-electron chi connectivity index (χ4n) is 0.953. The minimum absolute atomic E-state index is 0.388. The van der Waals surface area contributed by atoms with Gasteiger partial charge >= 0.3 is 0 Å². The molecule has 0 fully saturated rings. The Morgan fingerprint density at radius 1 is 1.40 bits per heavy atom. The highest BCUT2D eigenvalue weighted by Gasteiger charge is 2.05. The maximum Gasteiger partial charge on any atom is 0.176 e. The Bertz CT molecular complexity index is 465. The van der Waals surface area contributed by atoms with Crippen LogP contribution in [0.3, 0.4) is 0 Å². The Labute approximate surface area is 100 Å². The molecule has 15 heavy (non-hydrogen) atoms. The number of hydrogen-bond donors (Lipinski definition) is 1. The highest BCUT2D eigenvalue weighted by Crippen LogP contribution is 2.29. The summed E-state index contributed by atoms with van der Waals surface area (Å²) >= 11 is 8.52. The second kappa shape index (κ2) is 4.34. The first kappa shape index (κ1) is 10.7. The monoisotopic (exact) mass is 258 g/mol. The molecular formula is C8H7ClN4S2. The largest absolute Gasteiger partial charge is 0.399 e. The molecule has 0 aliphatic rings. The molecule has 0 unspecified atom stereocenters. The van der Waals surface area contributed by atoms with Crippen molar-refractivity contribution in [2.24, 2.45) is 0 Å². The fourth-order valence-corrected chi connectivity index (χ4v) is 2.86. The van der Waals surface area contributed by atoms with Crippen molar-refractivity contribution in [1.29, 1.82) is 0 Å². The van der Waals surface area contributed by atoms with Crippen molar-refractivity contribution in [3.05, 3.63) is 23.1 Å². The van der Waals surface area contributed by atoms with E-state index in [-0.39, 0.29) is 0 Å². The first-order valence-corrected chi connectivity index (χ1v) is 6.01. The number of rotatable bonds is 2. The van der Waals surface area contributed by atoms with Gasteiger partial charge in [0, 0.05) is 5.69 Å². The van der Waals surface area contributed by atoms with Crippen molar-refractivity contribution < 1.29 is 0 Å². The third kappa shape index (κ3) is 2.80. The summed E-state index contributed by atoms with van der Waals surface area (Å²) in [4.78, 5) is 8.34. The van der Waals surface area contributed by atoms with Gasteiger partial charge in [0.2, 0.25) is 0 Å². The van der Waals surface area contributed by atoms with E-state index in [2.05, 4.69) is 14.3 Å². The van der Waals surface area contributed by atoms with E-state index in [0.29, 0.717) is 10.8 Å². The molecule has 0 saturated heterocycles. The molecule has 78 valence electrons. The van der Waals surface area contributed by atoms with Gasteiger partial charge < -0.3 is 5.73 Å². The summed E-state index contributed by atoms with van der Waals surface area (Å²) in [6.45, 7) is 1.85. The smallest absolute Gasteiger partial charge is 0.176 e. The molecule has 2 aromatic heterocycles. The minimum atomic E-state index is 0.388. The van der Waals surface area contributed by atoms with Gasteiger partial charge in [-0.25, -0.2) is 9.97 Å². The van der Waals surface area contributed by atoms with E-state index in [1.807, 2.05) is 6.92 Å². The minimum Gasteiger partial charge on any atom is -0.399 e. The SMILES string of the molecule is Cc1nsc(Sc2cc(N)cc(Cl)n2)n1. The Balaban J connectivity index is 2.24. The van der Waals surface area contributed by atoms with Gasteiger partial charge in [0.15, 0.2) is 4.34 Å². The van der Waals surface area contributed by atoms with Crippen molar-refractivity contribution in [1.82, 2.24) is 14.3 Å². The van der Waals surface area contributed by atoms with Gasteiger partial charge in [-0.2, -0.15) is 4.37 Å². The molecule has 0 saturated carbocycles. The Morgan fingerprint density at radius 3 is 2.80 bits per heavy atom. The first-order chi connectivity index (χ1) is 7.13. The summed E-state index contributed by atoms with van der Waals surface area (Å²) in [7, 11) is 0. The molecule has 0 aromatic carbocycles. The Hall–Kier alpha value is -0.850. The zero-order chi connectivity index (χ0) is 10.8. The lowest BCUT2D eigenvalue weighted by atomic mass is 10.4. The van der Waals surface area contributed by atoms with E-state index >= 15 is 0 Å². The van der Waals surface area contributed by atoms with Crippen LogP contribution >= 0.6 is 34.9 Å². The lowest BCUT2D eigenvalue weighted by Gasteiger charge is -1.99. The second-order valence-corrected chi connectivity index (χ2v) is 5.18. The maximum absolute atomic E-state index is 5.78. The molecule has 7 heteroatoms. The number of nitrogens with zero attached hydrogens (tertiary/aromatic N) is 3. The number of aryl methyl sites for hydroxylation is 1. The van der Waals surface area contributed by atoms with Crippen molar-refractivity contribution in [3.63, 3.8) is 0 Å². The van der Waals surface area contributed by atoms with Crippen molar-refractivity contribution in [3.8, 4) is 0 Å². The first-order valence-electron chi connectivity index (χ1n) is 4.05. The van der Waals surface area contributed by atoms with Crippen LogP contribution in [-0.2, 0) is 0 Å². The van der Waals surface area contributed by atoms with E-state index < -0.39 is 0 Å². The molecule has 0 spiro atoms. The third-order valence-electron chi connectivity index (χ3n) is 1.49. The lowest BCUT2D eigenvalue weighted by Crippen LogP contribution is -1.88. The summed E-state index contributed by atoms with van der Waals surface area (Å²) in [6, 6.07) is 3.37. The van der Waals surface area contributed by atoms with Gasteiger partial charge in [-0.05, 0) is 42.4 Å². The van der Waals surface area contributed by atoms with E-state index in [0.717, 1.165) is 15.2 Å². The predicted molar refractivity (Wildman–Crippen MR) is 62.4 cm³/mol. The average molecular weight is 259 g/mol. The van der Waals surface area contributed by atoms with E-state index in [4.69, 9.17) is 17.3 Å². The number of pyridine rings is 1. The topological polar surface area (TPSA) is 64.7 Å². The van der Waals surface area contributed by atoms with Crippen molar-refractivity contribution in [2.75, 3.05) is 5.73 Å². The van der Waals surface area contributed by atoms with Crippen LogP contribution in [0.2, 0.25) is 5.15 Å². The molecule has 0 atom stereocenters. The van der Waals surface area contributed by atoms with Gasteiger partial charge in [0.1, 0.15) is 16.0 Å². The lowest BCUT2D eigenvalue weighted by molar-refractivity contribution is 1.09. The molecule has 0 amide bonds. The number of aromatic nitrogens is 3. The molecule has 0 aliphatic carbocycles. The van der Waals surface area contributed by atoms with Crippen LogP contribution in [0, 0.1) is 6.92 Å². The predicted octanol–water partition coefficient (Wildman–Crippen LogP) is 2.63. The number of nitrogen functional groups attached to an aromatic ring is 1. The molecule has 0 radical (unpaired) electrons. The number of nitrogens with two attached hydrogens (primary N) is 1. The second-order valence-electron chi connectivity index (χ2n) is 2.77. The van der Waals surface area contributed by atoms with E-state index in [1.165, 1.54) is 23.3 Å². The van der Waals surface area contributed by atoms with Crippen LogP contribution in [0.4, 0.5) is 5.69 Å². The summed E-state index contributed by atoms with van der Waals surface area (Å²) in [5, 5.41) is 1.12. The molecule has 0 aliphatic heterocycles. The molecule has 2 rings (SSSR count). The Kier molecular flexibility index (Phi) is 3.08. The van der Waals surface area contributed by atoms with E-state index in [1.54, 1.807) is 12.1 Å². The van der Waals surface area contributed by atoms with Crippen LogP contribution in [0.15, 0.2) is 21.5 Å². The van der Waals surface area contributed by atoms with Crippen molar-refractivity contribution >= 4 is 40.6 Å². The van der Waals surface area contributed by atoms with Gasteiger partial charge in [-0.15, -0.1) is 0 Å². The number of hydrogen-bond acceptors (Lipinski definition) is 6. The molecule has 2 heterocycles. The van der Waals surface area contributed by atoms with Gasteiger partial charge in [0.25, 0.3) is 0 Å². The third-order valence-corrected chi connectivity index (χ3v) is 3.45. The normalized spacial score (nSPS) is 10.5. The maximum atomic E-state index is 5.78. The molecular weight excluding hydrogens is 252 g/mol. The van der Waals surface area contributed by atoms with Crippen LogP contribution in [0.25, 0.3) is 0 Å². The molecule has 0 bridgehead atoms. The average Bonchev–Trinajstić information content (AvgIpc) is 2.49. The quantitative estimate of drug-likeness (QED) is 0.839. The van der Waals surface area contributed by atoms with Crippen LogP contribution in [0.1, 0.15) is 5.82 Å². The fraction of sp³-hybridized carbons (Fsp3) is 0.125. The van der Waals surface area contributed by atoms with Crippen molar-refractivity contribution in [2.45, 2.75) is 16.3 Å². The van der Waals surface area contributed by atoms with Gasteiger partial charge in [-0.1, -0.05) is 11.6 Å². The standard InChI is InChI=1S/C8H7ClN4S2/c1-4-11-8(15-13-4)14-7-3-5(10)2-6(9)12-7/h2-3H,1H3,(H2,10,12). The molecule has 2 N–H and O–H groups in total. The Morgan fingerprint density at radius 2 is 2.20 bits per heavy atom. The summed E-state index contributed by atoms with van der Waals surface area (Å²) in [5.41, 5.74) is 6.24. The highest BCUT2D eigenvalue weighted by molar-refractivity contribution is 8.00. The summed E-state index contributed by atoms with van der Waals surface area (Å²) in [6.07, 6.45) is 0. The summed E-state index contributed by atoms with van der Waals surface area (Å²) in [5.74, 6) is 0.762. The molecule has 2 aromatic rings. The van der Waals surface area contributed by atoms with Crippen LogP contribution in [-0.4, -0.2) is 14.3 Å². The zero-order valence-corrected chi connectivity index (χ0v) is 10.2. The van der Waals surface area contributed by atoms with Crippen LogP contribution in [0.5, 0.6) is 0 Å². The zero-order valence-electron chi connectivity index (χ0n) is 7.77. The van der Waals surface area contributed by atoms with Crippen LogP contribution < -0.4 is 5.73 Å². The van der Waals surface area contributed by atoms with Gasteiger partial charge in [0.05, 0.1) is 0 Å². The highest BCUT2D eigenvalue weighted by atomic mass is 35.5. The number of halogens is 1. The van der Waals surface area contributed by atoms with Gasteiger partial charge in [-0.3, -0.25) is 0 Å². The number of anilines is 1. The summed E-state index contributed by atoms with van der Waals surface area (Å²) < 4.78 is 4.91. The molecule has 4 nitrogen and oxygen atoms in total.